The summed E-state index contributed by atoms with van der Waals surface area (Å²) in [6.07, 6.45) is 0. The van der Waals surface area contributed by atoms with Gasteiger partial charge in [-0.25, -0.2) is 5.01 Å². The molecular weight excluding hydrogens is 192 g/mol. The largest absolute Gasteiger partial charge is 0.380 e. The Labute approximate surface area is 89.8 Å². The quantitative estimate of drug-likeness (QED) is 0.752. The van der Waals surface area contributed by atoms with Gasteiger partial charge in [-0.3, -0.25) is 10.2 Å². The number of carbonyl (C=O) groups is 1. The monoisotopic (exact) mass is 208 g/mol. The zero-order valence-electron chi connectivity index (χ0n) is 9.28. The number of hydrazine groups is 1. The van der Waals surface area contributed by atoms with Gasteiger partial charge in [-0.05, 0) is 17.7 Å². The molecule has 0 heterocycles. The van der Waals surface area contributed by atoms with Crippen molar-refractivity contribution in [3.05, 3.63) is 35.4 Å². The van der Waals surface area contributed by atoms with Gasteiger partial charge in [-0.1, -0.05) is 12.1 Å². The van der Waals surface area contributed by atoms with Crippen molar-refractivity contribution < 1.29 is 9.53 Å². The van der Waals surface area contributed by atoms with E-state index < -0.39 is 0 Å². The van der Waals surface area contributed by atoms with E-state index in [1.807, 2.05) is 18.2 Å². The van der Waals surface area contributed by atoms with E-state index in [4.69, 9.17) is 4.74 Å². The van der Waals surface area contributed by atoms with E-state index in [9.17, 15) is 4.79 Å². The molecule has 0 aliphatic rings. The molecule has 4 nitrogen and oxygen atoms in total. The number of ether oxygens (including phenoxy) is 1. The van der Waals surface area contributed by atoms with Crippen LogP contribution >= 0.6 is 0 Å². The summed E-state index contributed by atoms with van der Waals surface area (Å²) >= 11 is 0. The number of nitrogens with zero attached hydrogens (tertiary/aromatic N) is 1. The number of nitrogens with one attached hydrogen (secondary N) is 1. The van der Waals surface area contributed by atoms with Crippen molar-refractivity contribution >= 4 is 5.91 Å². The highest BCUT2D eigenvalue weighted by Gasteiger charge is 2.06. The van der Waals surface area contributed by atoms with E-state index in [1.54, 1.807) is 32.3 Å². The Morgan fingerprint density at radius 3 is 2.80 bits per heavy atom. The van der Waals surface area contributed by atoms with Crippen LogP contribution in [0.3, 0.4) is 0 Å². The summed E-state index contributed by atoms with van der Waals surface area (Å²) in [7, 11) is 5.18. The van der Waals surface area contributed by atoms with E-state index in [-0.39, 0.29) is 5.91 Å². The Morgan fingerprint density at radius 1 is 1.47 bits per heavy atom. The molecule has 82 valence electrons. The predicted octanol–water partition coefficient (Wildman–Crippen LogP) is 1.04. The summed E-state index contributed by atoms with van der Waals surface area (Å²) in [5.74, 6) is -0.113. The Kier molecular flexibility index (Phi) is 4.27. The SMILES string of the molecule is COCc1cccc(C(=O)NN(C)C)c1. The second-order valence-electron chi connectivity index (χ2n) is 3.47. The molecule has 0 spiro atoms. The van der Waals surface area contributed by atoms with Crippen LogP contribution in [0, 0.1) is 0 Å². The minimum Gasteiger partial charge on any atom is -0.380 e. The molecule has 0 unspecified atom stereocenters. The maximum Gasteiger partial charge on any atom is 0.265 e. The highest BCUT2D eigenvalue weighted by atomic mass is 16.5. The summed E-state index contributed by atoms with van der Waals surface area (Å²) < 4.78 is 5.00. The van der Waals surface area contributed by atoms with Crippen LogP contribution in [0.15, 0.2) is 24.3 Å². The lowest BCUT2D eigenvalue weighted by Crippen LogP contribution is -2.36. The van der Waals surface area contributed by atoms with Crippen LogP contribution in [0.1, 0.15) is 15.9 Å². The van der Waals surface area contributed by atoms with E-state index in [0.717, 1.165) is 5.56 Å². The first-order valence-corrected chi connectivity index (χ1v) is 4.69. The molecule has 1 N–H and O–H groups in total. The van der Waals surface area contributed by atoms with Gasteiger partial charge in [0.1, 0.15) is 0 Å². The molecular formula is C11H16N2O2. The van der Waals surface area contributed by atoms with Gasteiger partial charge in [-0.2, -0.15) is 0 Å². The zero-order valence-corrected chi connectivity index (χ0v) is 9.28. The van der Waals surface area contributed by atoms with E-state index >= 15 is 0 Å². The van der Waals surface area contributed by atoms with Gasteiger partial charge >= 0.3 is 0 Å². The third kappa shape index (κ3) is 3.69. The van der Waals surface area contributed by atoms with Crippen LogP contribution in [0.2, 0.25) is 0 Å². The summed E-state index contributed by atoms with van der Waals surface area (Å²) in [5.41, 5.74) is 4.31. The van der Waals surface area contributed by atoms with Crippen LogP contribution in [-0.2, 0) is 11.3 Å². The van der Waals surface area contributed by atoms with Crippen molar-refractivity contribution in [2.24, 2.45) is 0 Å². The van der Waals surface area contributed by atoms with Gasteiger partial charge < -0.3 is 4.74 Å². The fourth-order valence-electron chi connectivity index (χ4n) is 1.24. The highest BCUT2D eigenvalue weighted by molar-refractivity contribution is 5.93. The lowest BCUT2D eigenvalue weighted by Gasteiger charge is -2.12. The molecule has 0 atom stereocenters. The molecule has 1 rings (SSSR count). The fraction of sp³-hybridized carbons (Fsp3) is 0.364. The number of methoxy groups -OCH3 is 1. The molecule has 0 saturated heterocycles. The second-order valence-corrected chi connectivity index (χ2v) is 3.47. The predicted molar refractivity (Wildman–Crippen MR) is 58.3 cm³/mol. The number of amides is 1. The van der Waals surface area contributed by atoms with Crippen molar-refractivity contribution in [1.82, 2.24) is 10.4 Å². The Morgan fingerprint density at radius 2 is 2.20 bits per heavy atom. The third-order valence-electron chi connectivity index (χ3n) is 1.83. The van der Waals surface area contributed by atoms with Crippen molar-refractivity contribution in [2.75, 3.05) is 21.2 Å². The maximum atomic E-state index is 11.6. The minimum absolute atomic E-state index is 0.113. The highest BCUT2D eigenvalue weighted by Crippen LogP contribution is 2.06. The van der Waals surface area contributed by atoms with Crippen LogP contribution < -0.4 is 5.43 Å². The number of benzene rings is 1. The molecule has 0 radical (unpaired) electrons. The molecule has 15 heavy (non-hydrogen) atoms. The zero-order chi connectivity index (χ0) is 11.3. The van der Waals surface area contributed by atoms with Gasteiger partial charge in [0, 0.05) is 26.8 Å². The summed E-state index contributed by atoms with van der Waals surface area (Å²) in [6, 6.07) is 7.37. The molecule has 0 bridgehead atoms. The molecule has 1 aromatic rings. The van der Waals surface area contributed by atoms with E-state index in [2.05, 4.69) is 5.43 Å². The first-order valence-electron chi connectivity index (χ1n) is 4.69. The van der Waals surface area contributed by atoms with Gasteiger partial charge in [-0.15, -0.1) is 0 Å². The van der Waals surface area contributed by atoms with Crippen molar-refractivity contribution in [2.45, 2.75) is 6.61 Å². The molecule has 1 amide bonds. The van der Waals surface area contributed by atoms with E-state index in [1.165, 1.54) is 0 Å². The van der Waals surface area contributed by atoms with Crippen molar-refractivity contribution in [3.8, 4) is 0 Å². The topological polar surface area (TPSA) is 41.6 Å². The van der Waals surface area contributed by atoms with Gasteiger partial charge in [0.25, 0.3) is 5.91 Å². The lowest BCUT2D eigenvalue weighted by molar-refractivity contribution is 0.0856. The minimum atomic E-state index is -0.113. The second kappa shape index (κ2) is 5.48. The van der Waals surface area contributed by atoms with Crippen molar-refractivity contribution in [3.63, 3.8) is 0 Å². The molecule has 0 fully saturated rings. The molecule has 4 heteroatoms. The summed E-state index contributed by atoms with van der Waals surface area (Å²) in [4.78, 5) is 11.6. The maximum absolute atomic E-state index is 11.6. The van der Waals surface area contributed by atoms with Crippen molar-refractivity contribution in [1.29, 1.82) is 0 Å². The molecule has 0 saturated carbocycles. The number of rotatable bonds is 4. The van der Waals surface area contributed by atoms with Gasteiger partial charge in [0.05, 0.1) is 6.61 Å². The van der Waals surface area contributed by atoms with E-state index in [0.29, 0.717) is 12.2 Å². The van der Waals surface area contributed by atoms with Crippen LogP contribution in [0.25, 0.3) is 0 Å². The van der Waals surface area contributed by atoms with Gasteiger partial charge in [0.2, 0.25) is 0 Å². The van der Waals surface area contributed by atoms with Gasteiger partial charge in [0.15, 0.2) is 0 Å². The normalized spacial score (nSPS) is 10.4. The summed E-state index contributed by atoms with van der Waals surface area (Å²) in [5, 5.41) is 1.62. The number of carbonyl (C=O) groups excluding carboxylic acids is 1. The lowest BCUT2D eigenvalue weighted by atomic mass is 10.1. The fourth-order valence-corrected chi connectivity index (χ4v) is 1.24. The first-order chi connectivity index (χ1) is 7.13. The Bertz CT molecular complexity index is 337. The molecule has 0 aromatic heterocycles. The Balaban J connectivity index is 2.76. The number of hydrogen-bond acceptors (Lipinski definition) is 3. The first kappa shape index (κ1) is 11.7. The Hall–Kier alpha value is -1.39. The molecule has 1 aromatic carbocycles. The van der Waals surface area contributed by atoms with Crippen LogP contribution in [-0.4, -0.2) is 32.1 Å². The standard InChI is InChI=1S/C11H16N2O2/c1-13(2)12-11(14)10-6-4-5-9(7-10)8-15-3/h4-7H,8H2,1-3H3,(H,12,14). The van der Waals surface area contributed by atoms with Crippen LogP contribution in [0.5, 0.6) is 0 Å². The number of hydrogen-bond donors (Lipinski definition) is 1. The average Bonchev–Trinajstić information content (AvgIpc) is 2.17. The summed E-state index contributed by atoms with van der Waals surface area (Å²) in [6.45, 7) is 0.517. The molecule has 0 aliphatic carbocycles. The average molecular weight is 208 g/mol. The smallest absolute Gasteiger partial charge is 0.265 e. The third-order valence-corrected chi connectivity index (χ3v) is 1.83. The van der Waals surface area contributed by atoms with Crippen LogP contribution in [0.4, 0.5) is 0 Å². The molecule has 0 aliphatic heterocycles.